The van der Waals surface area contributed by atoms with E-state index in [2.05, 4.69) is 9.97 Å². The molecule has 8 N–H and O–H groups in total. The van der Waals surface area contributed by atoms with E-state index in [1.54, 1.807) is 48.1 Å². The number of aromatic nitrogens is 4. The molecule has 0 aliphatic carbocycles. The molecule has 0 saturated carbocycles. The normalized spacial score (nSPS) is 11.8. The van der Waals surface area contributed by atoms with Crippen molar-refractivity contribution in [3.05, 3.63) is 47.5 Å². The lowest BCUT2D eigenvalue weighted by atomic mass is 10.1. The van der Waals surface area contributed by atoms with Crippen LogP contribution in [0.1, 0.15) is 54.3 Å². The molecular weight excluding hydrogens is 556 g/mol. The molecule has 4 aromatic rings. The third kappa shape index (κ3) is 6.97. The number of esters is 1. The molecule has 14 heteroatoms. The van der Waals surface area contributed by atoms with Gasteiger partial charge in [-0.1, -0.05) is 12.2 Å². The van der Waals surface area contributed by atoms with Crippen LogP contribution in [-0.4, -0.2) is 56.2 Å². The van der Waals surface area contributed by atoms with E-state index in [0.29, 0.717) is 53.1 Å². The number of anilines is 2. The van der Waals surface area contributed by atoms with Crippen molar-refractivity contribution in [2.24, 2.45) is 11.5 Å². The highest BCUT2D eigenvalue weighted by molar-refractivity contribution is 5.99. The van der Waals surface area contributed by atoms with Gasteiger partial charge in [-0.3, -0.25) is 14.4 Å². The highest BCUT2D eigenvalue weighted by Gasteiger charge is 2.19. The Kier molecular flexibility index (Phi) is 8.78. The lowest BCUT2D eigenvalue weighted by molar-refractivity contribution is -0.155. The maximum atomic E-state index is 12.1. The Morgan fingerprint density at radius 3 is 1.79 bits per heavy atom. The van der Waals surface area contributed by atoms with Gasteiger partial charge in [-0.25, -0.2) is 9.97 Å². The molecule has 2 amide bonds. The number of primary amides is 2. The number of nitrogen functional groups attached to an aromatic ring is 2. The van der Waals surface area contributed by atoms with Crippen molar-refractivity contribution in [3.63, 3.8) is 0 Å². The molecule has 2 aromatic carbocycles. The first-order chi connectivity index (χ1) is 20.3. The molecule has 0 aliphatic heterocycles. The number of carbonyl (C=O) groups is 3. The topological polar surface area (TPSA) is 219 Å². The minimum Gasteiger partial charge on any atom is -0.494 e. The zero-order valence-corrected chi connectivity index (χ0v) is 24.5. The molecule has 0 fully saturated rings. The van der Waals surface area contributed by atoms with Crippen LogP contribution in [0.3, 0.4) is 0 Å². The molecule has 0 saturated heterocycles. The lowest BCUT2D eigenvalue weighted by Crippen LogP contribution is -2.24. The molecule has 0 aliphatic rings. The van der Waals surface area contributed by atoms with Crippen molar-refractivity contribution >= 4 is 51.7 Å². The Balaban J connectivity index is 1.56. The fourth-order valence-corrected chi connectivity index (χ4v) is 4.57. The SMILES string of the molecule is COc1cc(C(N)=O)cc2nc(N)n(C/C=C/Cn3c(N)nc4cc(C(N)=O)cc(OCCCC(=O)OC(C)(C)C)c43)c12. The second kappa shape index (κ2) is 12.3. The summed E-state index contributed by atoms with van der Waals surface area (Å²) in [6.07, 6.45) is 4.29. The van der Waals surface area contributed by atoms with Crippen LogP contribution >= 0.6 is 0 Å². The number of fused-ring (bicyclic) bond motifs is 2. The predicted octanol–water partition coefficient (Wildman–Crippen LogP) is 2.51. The summed E-state index contributed by atoms with van der Waals surface area (Å²) in [6, 6.07) is 6.18. The average Bonchev–Trinajstić information content (AvgIpc) is 3.41. The van der Waals surface area contributed by atoms with Gasteiger partial charge in [0.05, 0.1) is 24.8 Å². The highest BCUT2D eigenvalue weighted by Crippen LogP contribution is 2.31. The maximum Gasteiger partial charge on any atom is 0.306 e. The molecule has 0 unspecified atom stereocenters. The van der Waals surface area contributed by atoms with Gasteiger partial charge in [0.1, 0.15) is 28.1 Å². The first-order valence-electron chi connectivity index (χ1n) is 13.5. The zero-order valence-electron chi connectivity index (χ0n) is 24.5. The molecule has 0 radical (unpaired) electrons. The van der Waals surface area contributed by atoms with Crippen molar-refractivity contribution in [1.82, 2.24) is 19.1 Å². The van der Waals surface area contributed by atoms with Gasteiger partial charge in [0.25, 0.3) is 0 Å². The number of nitrogens with two attached hydrogens (primary N) is 4. The first kappa shape index (κ1) is 30.7. The maximum absolute atomic E-state index is 12.1. The highest BCUT2D eigenvalue weighted by atomic mass is 16.6. The van der Waals surface area contributed by atoms with Gasteiger partial charge in [-0.2, -0.15) is 0 Å². The van der Waals surface area contributed by atoms with Gasteiger partial charge in [0.15, 0.2) is 0 Å². The number of hydrogen-bond donors (Lipinski definition) is 4. The number of benzene rings is 2. The van der Waals surface area contributed by atoms with E-state index in [1.807, 2.05) is 12.2 Å². The number of imidazole rings is 2. The number of methoxy groups -OCH3 is 1. The Morgan fingerprint density at radius 1 is 0.837 bits per heavy atom. The smallest absolute Gasteiger partial charge is 0.306 e. The second-order valence-electron chi connectivity index (χ2n) is 10.8. The molecule has 43 heavy (non-hydrogen) atoms. The quantitative estimate of drug-likeness (QED) is 0.107. The van der Waals surface area contributed by atoms with Crippen molar-refractivity contribution in [3.8, 4) is 11.5 Å². The van der Waals surface area contributed by atoms with Crippen LogP contribution in [0.25, 0.3) is 22.1 Å². The van der Waals surface area contributed by atoms with Gasteiger partial charge in [-0.15, -0.1) is 0 Å². The van der Waals surface area contributed by atoms with Crippen molar-refractivity contribution in [2.75, 3.05) is 25.2 Å². The molecule has 2 aromatic heterocycles. The van der Waals surface area contributed by atoms with Crippen molar-refractivity contribution < 1.29 is 28.6 Å². The number of amides is 2. The van der Waals surface area contributed by atoms with E-state index in [9.17, 15) is 14.4 Å². The van der Waals surface area contributed by atoms with Crippen molar-refractivity contribution in [1.29, 1.82) is 0 Å². The number of nitrogens with zero attached hydrogens (tertiary/aromatic N) is 4. The largest absolute Gasteiger partial charge is 0.494 e. The number of carbonyl (C=O) groups excluding carboxylic acids is 3. The van der Waals surface area contributed by atoms with Crippen molar-refractivity contribution in [2.45, 2.75) is 52.3 Å². The molecule has 0 spiro atoms. The fraction of sp³-hybridized carbons (Fsp3) is 0.345. The van der Waals surface area contributed by atoms with E-state index in [4.69, 9.17) is 37.1 Å². The summed E-state index contributed by atoms with van der Waals surface area (Å²) in [7, 11) is 1.48. The summed E-state index contributed by atoms with van der Waals surface area (Å²) >= 11 is 0. The van der Waals surface area contributed by atoms with Gasteiger partial charge >= 0.3 is 5.97 Å². The van der Waals surface area contributed by atoms with Gasteiger partial charge < -0.3 is 46.3 Å². The minimum atomic E-state index is -0.642. The standard InChI is InChI=1S/C29H36N8O6/c1-29(2,3)43-22(38)8-7-11-42-21-15-17(26(31)40)13-19-24(21)37(28(33)35-19)10-6-5-9-36-23-18(34-27(36)32)12-16(25(30)39)14-20(23)41-4/h5-6,12-15H,7-11H2,1-4H3,(H2,30,39)(H2,31,40)(H2,32,34)(H2,33,35)/b6-5+. The van der Waals surface area contributed by atoms with Crippen LogP contribution in [0.4, 0.5) is 11.9 Å². The fourth-order valence-electron chi connectivity index (χ4n) is 4.57. The van der Waals surface area contributed by atoms with E-state index in [1.165, 1.54) is 13.2 Å². The molecule has 2 heterocycles. The van der Waals surface area contributed by atoms with E-state index >= 15 is 0 Å². The zero-order chi connectivity index (χ0) is 31.5. The van der Waals surface area contributed by atoms with Crippen LogP contribution in [-0.2, 0) is 22.6 Å². The van der Waals surface area contributed by atoms with Crippen LogP contribution in [0.15, 0.2) is 36.4 Å². The number of hydrogen-bond acceptors (Lipinski definition) is 10. The van der Waals surface area contributed by atoms with Crippen LogP contribution < -0.4 is 32.4 Å². The molecule has 0 bridgehead atoms. The summed E-state index contributed by atoms with van der Waals surface area (Å²) in [5.41, 5.74) is 25.4. The predicted molar refractivity (Wildman–Crippen MR) is 162 cm³/mol. The third-order valence-electron chi connectivity index (χ3n) is 6.41. The van der Waals surface area contributed by atoms with Crippen LogP contribution in [0, 0.1) is 0 Å². The lowest BCUT2D eigenvalue weighted by Gasteiger charge is -2.19. The number of allylic oxidation sites excluding steroid dienone is 2. The summed E-state index contributed by atoms with van der Waals surface area (Å²) < 4.78 is 20.3. The van der Waals surface area contributed by atoms with E-state index in [-0.39, 0.29) is 42.0 Å². The van der Waals surface area contributed by atoms with Gasteiger partial charge in [0.2, 0.25) is 23.7 Å². The second-order valence-corrected chi connectivity index (χ2v) is 10.8. The monoisotopic (exact) mass is 592 g/mol. The van der Waals surface area contributed by atoms with Gasteiger partial charge in [0, 0.05) is 30.6 Å². The summed E-state index contributed by atoms with van der Waals surface area (Å²) in [4.78, 5) is 44.5. The molecule has 4 rings (SSSR count). The Morgan fingerprint density at radius 2 is 1.33 bits per heavy atom. The molecule has 14 nitrogen and oxygen atoms in total. The van der Waals surface area contributed by atoms with E-state index < -0.39 is 17.4 Å². The third-order valence-corrected chi connectivity index (χ3v) is 6.41. The molecular formula is C29H36N8O6. The van der Waals surface area contributed by atoms with Gasteiger partial charge in [-0.05, 0) is 51.5 Å². The summed E-state index contributed by atoms with van der Waals surface area (Å²) in [5, 5.41) is 0. The van der Waals surface area contributed by atoms with Crippen LogP contribution in [0.2, 0.25) is 0 Å². The van der Waals surface area contributed by atoms with Crippen LogP contribution in [0.5, 0.6) is 11.5 Å². The minimum absolute atomic E-state index is 0.167. The summed E-state index contributed by atoms with van der Waals surface area (Å²) in [6.45, 7) is 6.24. The Hall–Kier alpha value is -5.27. The molecule has 0 atom stereocenters. The number of rotatable bonds is 12. The average molecular weight is 593 g/mol. The first-order valence-corrected chi connectivity index (χ1v) is 13.5. The molecule has 228 valence electrons. The summed E-state index contributed by atoms with van der Waals surface area (Å²) in [5.74, 6) is -0.379. The number of ether oxygens (including phenoxy) is 3. The Bertz CT molecular complexity index is 1730. The van der Waals surface area contributed by atoms with E-state index in [0.717, 1.165) is 0 Å². The Labute approximate surface area is 247 Å².